The number of aromatic amines is 1. The predicted molar refractivity (Wildman–Crippen MR) is 110 cm³/mol. The molecule has 10 nitrogen and oxygen atoms in total. The van der Waals surface area contributed by atoms with Crippen molar-refractivity contribution in [2.24, 2.45) is 0 Å². The molecule has 3 amide bonds. The van der Waals surface area contributed by atoms with Crippen LogP contribution in [0.5, 0.6) is 0 Å². The molecule has 1 aliphatic rings. The first-order valence-electron chi connectivity index (χ1n) is 9.14. The van der Waals surface area contributed by atoms with E-state index < -0.39 is 17.7 Å². The molecule has 160 valence electrons. The van der Waals surface area contributed by atoms with Crippen LogP contribution in [0, 0.1) is 0 Å². The number of carbonyl (C=O) groups is 3. The number of likely N-dealkylation sites (tertiary alicyclic amines) is 1. The summed E-state index contributed by atoms with van der Waals surface area (Å²) >= 11 is 12.1. The Bertz CT molecular complexity index is 922. The summed E-state index contributed by atoms with van der Waals surface area (Å²) in [5.74, 6) is -1.45. The lowest BCUT2D eigenvalue weighted by molar-refractivity contribution is -0.130. The number of nitrogens with zero attached hydrogens (tertiary/aromatic N) is 2. The van der Waals surface area contributed by atoms with Crippen molar-refractivity contribution in [3.63, 3.8) is 0 Å². The van der Waals surface area contributed by atoms with Crippen molar-refractivity contribution in [1.29, 1.82) is 0 Å². The number of halogens is 2. The molecule has 0 saturated carbocycles. The molecule has 1 aliphatic heterocycles. The lowest BCUT2D eigenvalue weighted by atomic mass is 10.0. The zero-order valence-corrected chi connectivity index (χ0v) is 17.3. The Morgan fingerprint density at radius 2 is 1.83 bits per heavy atom. The lowest BCUT2D eigenvalue weighted by Gasteiger charge is -2.31. The SMILES string of the molecule is O=C(CN1CCC(NC(=O)c2[nH]ncc2NC(=O)c2c(Cl)cccc2Cl)CC1)NO. The van der Waals surface area contributed by atoms with Gasteiger partial charge < -0.3 is 10.6 Å². The van der Waals surface area contributed by atoms with E-state index in [1.165, 1.54) is 6.20 Å². The number of hydrogen-bond donors (Lipinski definition) is 5. The molecule has 0 unspecified atom stereocenters. The topological polar surface area (TPSA) is 139 Å². The maximum absolute atomic E-state index is 12.7. The summed E-state index contributed by atoms with van der Waals surface area (Å²) < 4.78 is 0. The molecular weight excluding hydrogens is 435 g/mol. The van der Waals surface area contributed by atoms with Crippen LogP contribution in [0.1, 0.15) is 33.7 Å². The van der Waals surface area contributed by atoms with Crippen molar-refractivity contribution in [3.8, 4) is 0 Å². The van der Waals surface area contributed by atoms with E-state index in [9.17, 15) is 14.4 Å². The molecule has 0 radical (unpaired) electrons. The summed E-state index contributed by atoms with van der Waals surface area (Å²) in [5, 5.41) is 20.9. The van der Waals surface area contributed by atoms with Gasteiger partial charge in [-0.1, -0.05) is 29.3 Å². The van der Waals surface area contributed by atoms with Crippen molar-refractivity contribution >= 4 is 46.6 Å². The van der Waals surface area contributed by atoms with Crippen LogP contribution in [-0.4, -0.2) is 63.7 Å². The minimum absolute atomic E-state index is 0.0957. The highest BCUT2D eigenvalue weighted by atomic mass is 35.5. The minimum Gasteiger partial charge on any atom is -0.348 e. The average molecular weight is 455 g/mol. The van der Waals surface area contributed by atoms with Crippen LogP contribution < -0.4 is 16.1 Å². The Labute approximate surface area is 181 Å². The van der Waals surface area contributed by atoms with Gasteiger partial charge in [-0.3, -0.25) is 29.6 Å². The molecule has 1 aromatic heterocycles. The maximum atomic E-state index is 12.7. The van der Waals surface area contributed by atoms with Gasteiger partial charge in [0.2, 0.25) is 0 Å². The summed E-state index contributed by atoms with van der Waals surface area (Å²) in [6, 6.07) is 4.61. The molecule has 0 spiro atoms. The third-order valence-electron chi connectivity index (χ3n) is 4.72. The average Bonchev–Trinajstić information content (AvgIpc) is 3.17. The van der Waals surface area contributed by atoms with Crippen LogP contribution in [-0.2, 0) is 4.79 Å². The van der Waals surface area contributed by atoms with Crippen LogP contribution in [0.25, 0.3) is 0 Å². The second kappa shape index (κ2) is 9.90. The molecule has 5 N–H and O–H groups in total. The maximum Gasteiger partial charge on any atom is 0.271 e. The van der Waals surface area contributed by atoms with Crippen molar-refractivity contribution in [3.05, 3.63) is 45.7 Å². The molecule has 1 saturated heterocycles. The summed E-state index contributed by atoms with van der Waals surface area (Å²) in [4.78, 5) is 38.3. The predicted octanol–water partition coefficient (Wildman–Crippen LogP) is 1.67. The summed E-state index contributed by atoms with van der Waals surface area (Å²) in [5.41, 5.74) is 2.01. The van der Waals surface area contributed by atoms with Gasteiger partial charge in [-0.2, -0.15) is 5.10 Å². The van der Waals surface area contributed by atoms with E-state index in [1.54, 1.807) is 23.7 Å². The van der Waals surface area contributed by atoms with Crippen LogP contribution >= 0.6 is 23.2 Å². The first-order chi connectivity index (χ1) is 14.4. The molecule has 1 fully saturated rings. The van der Waals surface area contributed by atoms with Crippen molar-refractivity contribution in [1.82, 2.24) is 25.9 Å². The first kappa shape index (κ1) is 22.0. The zero-order valence-electron chi connectivity index (χ0n) is 15.7. The van der Waals surface area contributed by atoms with Gasteiger partial charge in [-0.05, 0) is 25.0 Å². The number of H-pyrrole nitrogens is 1. The van der Waals surface area contributed by atoms with E-state index in [0.717, 1.165) is 0 Å². The van der Waals surface area contributed by atoms with E-state index >= 15 is 0 Å². The van der Waals surface area contributed by atoms with Crippen molar-refractivity contribution < 1.29 is 19.6 Å². The molecule has 1 aromatic carbocycles. The Morgan fingerprint density at radius 3 is 2.47 bits per heavy atom. The summed E-state index contributed by atoms with van der Waals surface area (Å²) in [6.07, 6.45) is 2.60. The number of carbonyl (C=O) groups excluding carboxylic acids is 3. The number of aromatic nitrogens is 2. The second-order valence-corrected chi connectivity index (χ2v) is 7.58. The van der Waals surface area contributed by atoms with Gasteiger partial charge in [0.15, 0.2) is 0 Å². The number of hydroxylamine groups is 1. The van der Waals surface area contributed by atoms with Crippen LogP contribution in [0.4, 0.5) is 5.69 Å². The first-order valence-corrected chi connectivity index (χ1v) is 9.89. The minimum atomic E-state index is -0.559. The fourth-order valence-electron chi connectivity index (χ4n) is 3.18. The van der Waals surface area contributed by atoms with Gasteiger partial charge in [-0.25, -0.2) is 5.48 Å². The molecule has 2 aromatic rings. The number of rotatable bonds is 6. The smallest absolute Gasteiger partial charge is 0.271 e. The third-order valence-corrected chi connectivity index (χ3v) is 5.35. The molecule has 2 heterocycles. The van der Waals surface area contributed by atoms with Crippen molar-refractivity contribution in [2.75, 3.05) is 25.0 Å². The van der Waals surface area contributed by atoms with Gasteiger partial charge in [0, 0.05) is 19.1 Å². The van der Waals surface area contributed by atoms with Gasteiger partial charge in [0.05, 0.1) is 34.0 Å². The summed E-state index contributed by atoms with van der Waals surface area (Å²) in [7, 11) is 0. The standard InChI is InChI=1S/C18H20Cl2N6O4/c19-11-2-1-3-12(20)15(11)17(28)23-13-8-21-24-16(13)18(29)22-10-4-6-26(7-5-10)9-14(27)25-30/h1-3,8,10,30H,4-7,9H2,(H,21,24)(H,22,29)(H,23,28)(H,25,27). The van der Waals surface area contributed by atoms with Gasteiger partial charge >= 0.3 is 0 Å². The van der Waals surface area contributed by atoms with E-state index in [0.29, 0.717) is 25.9 Å². The Morgan fingerprint density at radius 1 is 1.17 bits per heavy atom. The number of hydrogen-bond acceptors (Lipinski definition) is 6. The molecule has 0 aliphatic carbocycles. The van der Waals surface area contributed by atoms with Crippen LogP contribution in [0.15, 0.2) is 24.4 Å². The normalized spacial score (nSPS) is 14.9. The highest BCUT2D eigenvalue weighted by Crippen LogP contribution is 2.25. The van der Waals surface area contributed by atoms with Crippen LogP contribution in [0.2, 0.25) is 10.0 Å². The number of benzene rings is 1. The van der Waals surface area contributed by atoms with Gasteiger partial charge in [0.25, 0.3) is 17.7 Å². The highest BCUT2D eigenvalue weighted by molar-refractivity contribution is 6.40. The van der Waals surface area contributed by atoms with Crippen LogP contribution in [0.3, 0.4) is 0 Å². The quantitative estimate of drug-likeness (QED) is 0.332. The Hall–Kier alpha value is -2.66. The van der Waals surface area contributed by atoms with Crippen molar-refractivity contribution in [2.45, 2.75) is 18.9 Å². The number of nitrogens with one attached hydrogen (secondary N) is 4. The van der Waals surface area contributed by atoms with E-state index in [4.69, 9.17) is 28.4 Å². The Balaban J connectivity index is 1.59. The van der Waals surface area contributed by atoms with E-state index in [1.807, 2.05) is 4.90 Å². The van der Waals surface area contributed by atoms with Gasteiger partial charge in [-0.15, -0.1) is 0 Å². The fraction of sp³-hybridized carbons (Fsp3) is 0.333. The second-order valence-electron chi connectivity index (χ2n) is 6.77. The molecule has 30 heavy (non-hydrogen) atoms. The lowest BCUT2D eigenvalue weighted by Crippen LogP contribution is -2.47. The zero-order chi connectivity index (χ0) is 21.7. The highest BCUT2D eigenvalue weighted by Gasteiger charge is 2.25. The van der Waals surface area contributed by atoms with E-state index in [-0.39, 0.29) is 39.6 Å². The monoisotopic (exact) mass is 454 g/mol. The molecule has 3 rings (SSSR count). The molecular formula is C18H20Cl2N6O4. The number of piperidine rings is 1. The molecule has 0 atom stereocenters. The summed E-state index contributed by atoms with van der Waals surface area (Å²) in [6.45, 7) is 1.28. The number of anilines is 1. The van der Waals surface area contributed by atoms with E-state index in [2.05, 4.69) is 20.8 Å². The Kier molecular flexibility index (Phi) is 7.27. The fourth-order valence-corrected chi connectivity index (χ4v) is 3.75. The van der Waals surface area contributed by atoms with Gasteiger partial charge in [0.1, 0.15) is 5.69 Å². The largest absolute Gasteiger partial charge is 0.348 e. The molecule has 12 heteroatoms. The molecule has 0 bridgehead atoms. The third kappa shape index (κ3) is 5.28. The number of amides is 3.